The fourth-order valence-corrected chi connectivity index (χ4v) is 3.45. The SMILES string of the molecule is O=[N+]([O-])OCCn1ncc(Cc2ccccc2)c1-c1ccc(CS(=O)O)cc1. The van der Waals surface area contributed by atoms with Gasteiger partial charge in [0.05, 0.1) is 24.2 Å². The number of nitrogens with zero attached hydrogens (tertiary/aromatic N) is 3. The van der Waals surface area contributed by atoms with Crippen molar-refractivity contribution in [3.63, 3.8) is 0 Å². The van der Waals surface area contributed by atoms with Crippen molar-refractivity contribution in [2.45, 2.75) is 18.7 Å². The van der Waals surface area contributed by atoms with Crippen molar-refractivity contribution in [3.8, 4) is 11.3 Å². The van der Waals surface area contributed by atoms with Gasteiger partial charge in [0.2, 0.25) is 0 Å². The minimum Gasteiger partial charge on any atom is -0.312 e. The van der Waals surface area contributed by atoms with E-state index >= 15 is 0 Å². The van der Waals surface area contributed by atoms with Crippen molar-refractivity contribution in [1.82, 2.24) is 9.78 Å². The number of benzene rings is 2. The molecular formula is C19H19N3O5S. The molecule has 146 valence electrons. The Kier molecular flexibility index (Phi) is 6.51. The Morgan fingerprint density at radius 2 is 1.82 bits per heavy atom. The van der Waals surface area contributed by atoms with E-state index in [4.69, 9.17) is 4.55 Å². The summed E-state index contributed by atoms with van der Waals surface area (Å²) in [6.07, 6.45) is 2.42. The van der Waals surface area contributed by atoms with Crippen molar-refractivity contribution in [3.05, 3.63) is 87.6 Å². The Balaban J connectivity index is 1.91. The van der Waals surface area contributed by atoms with Crippen LogP contribution >= 0.6 is 0 Å². The van der Waals surface area contributed by atoms with E-state index in [1.165, 1.54) is 0 Å². The zero-order chi connectivity index (χ0) is 19.9. The van der Waals surface area contributed by atoms with Crippen LogP contribution in [0.1, 0.15) is 16.7 Å². The second-order valence-electron chi connectivity index (χ2n) is 6.12. The Labute approximate surface area is 164 Å². The van der Waals surface area contributed by atoms with Gasteiger partial charge in [-0.3, -0.25) is 4.68 Å². The zero-order valence-corrected chi connectivity index (χ0v) is 15.7. The third-order valence-electron chi connectivity index (χ3n) is 4.17. The summed E-state index contributed by atoms with van der Waals surface area (Å²) in [5.41, 5.74) is 4.56. The van der Waals surface area contributed by atoms with Crippen molar-refractivity contribution in [2.75, 3.05) is 6.61 Å². The molecule has 0 fully saturated rings. The maximum absolute atomic E-state index is 11.0. The van der Waals surface area contributed by atoms with E-state index in [2.05, 4.69) is 9.94 Å². The van der Waals surface area contributed by atoms with Crippen LogP contribution in [-0.2, 0) is 34.6 Å². The summed E-state index contributed by atoms with van der Waals surface area (Å²) in [4.78, 5) is 14.9. The highest BCUT2D eigenvalue weighted by atomic mass is 32.2. The minimum absolute atomic E-state index is 0.0626. The van der Waals surface area contributed by atoms with Gasteiger partial charge in [0, 0.05) is 17.5 Å². The molecule has 28 heavy (non-hydrogen) atoms. The van der Waals surface area contributed by atoms with Crippen LogP contribution in [0.5, 0.6) is 0 Å². The summed E-state index contributed by atoms with van der Waals surface area (Å²) >= 11 is -1.90. The van der Waals surface area contributed by atoms with Crippen LogP contribution in [0, 0.1) is 10.1 Å². The van der Waals surface area contributed by atoms with Crippen molar-refractivity contribution in [1.29, 1.82) is 0 Å². The molecule has 1 aromatic heterocycles. The monoisotopic (exact) mass is 401 g/mol. The third kappa shape index (κ3) is 5.24. The molecule has 0 saturated carbocycles. The number of hydrogen-bond acceptors (Lipinski definition) is 5. The Hall–Kier alpha value is -3.04. The smallest absolute Gasteiger partial charge is 0.294 e. The molecule has 0 bridgehead atoms. The van der Waals surface area contributed by atoms with E-state index in [-0.39, 0.29) is 18.9 Å². The van der Waals surface area contributed by atoms with E-state index in [0.717, 1.165) is 27.9 Å². The van der Waals surface area contributed by atoms with Crippen LogP contribution < -0.4 is 0 Å². The van der Waals surface area contributed by atoms with Gasteiger partial charge in [-0.2, -0.15) is 5.10 Å². The molecule has 1 N–H and O–H groups in total. The van der Waals surface area contributed by atoms with E-state index in [9.17, 15) is 14.3 Å². The fraction of sp³-hybridized carbons (Fsp3) is 0.211. The molecular weight excluding hydrogens is 382 g/mol. The summed E-state index contributed by atoms with van der Waals surface area (Å²) < 4.78 is 21.7. The Morgan fingerprint density at radius 3 is 2.46 bits per heavy atom. The predicted octanol–water partition coefficient (Wildman–Crippen LogP) is 3.07. The first-order chi connectivity index (χ1) is 13.5. The zero-order valence-electron chi connectivity index (χ0n) is 14.9. The molecule has 1 atom stereocenters. The summed E-state index contributed by atoms with van der Waals surface area (Å²) in [7, 11) is 0. The highest BCUT2D eigenvalue weighted by molar-refractivity contribution is 7.78. The largest absolute Gasteiger partial charge is 0.312 e. The molecule has 0 spiro atoms. The van der Waals surface area contributed by atoms with Gasteiger partial charge >= 0.3 is 0 Å². The average Bonchev–Trinajstić information content (AvgIpc) is 3.05. The lowest BCUT2D eigenvalue weighted by atomic mass is 10.0. The Bertz CT molecular complexity index is 957. The van der Waals surface area contributed by atoms with Crippen molar-refractivity contribution in [2.24, 2.45) is 0 Å². The third-order valence-corrected chi connectivity index (χ3v) is 4.75. The lowest BCUT2D eigenvalue weighted by Gasteiger charge is -2.11. The van der Waals surface area contributed by atoms with E-state index in [1.807, 2.05) is 42.5 Å². The van der Waals surface area contributed by atoms with Crippen LogP contribution in [0.3, 0.4) is 0 Å². The van der Waals surface area contributed by atoms with Crippen LogP contribution in [0.25, 0.3) is 11.3 Å². The van der Waals surface area contributed by atoms with Crippen LogP contribution in [0.4, 0.5) is 0 Å². The van der Waals surface area contributed by atoms with Gasteiger partial charge in [-0.15, -0.1) is 10.1 Å². The predicted molar refractivity (Wildman–Crippen MR) is 104 cm³/mol. The lowest BCUT2D eigenvalue weighted by molar-refractivity contribution is -0.758. The van der Waals surface area contributed by atoms with Crippen LogP contribution in [0.2, 0.25) is 0 Å². The second-order valence-corrected chi connectivity index (χ2v) is 7.06. The molecule has 1 unspecified atom stereocenters. The lowest BCUT2D eigenvalue weighted by Crippen LogP contribution is -2.12. The molecule has 2 aromatic carbocycles. The first-order valence-corrected chi connectivity index (χ1v) is 9.83. The number of aromatic nitrogens is 2. The molecule has 0 saturated heterocycles. The second kappa shape index (κ2) is 9.25. The minimum atomic E-state index is -1.90. The van der Waals surface area contributed by atoms with Gasteiger partial charge in [-0.1, -0.05) is 54.6 Å². The number of hydrogen-bond donors (Lipinski definition) is 1. The highest BCUT2D eigenvalue weighted by Gasteiger charge is 2.14. The first-order valence-electron chi connectivity index (χ1n) is 8.55. The van der Waals surface area contributed by atoms with Gasteiger partial charge in [-0.25, -0.2) is 4.21 Å². The summed E-state index contributed by atoms with van der Waals surface area (Å²) in [5.74, 6) is 0.0626. The van der Waals surface area contributed by atoms with Crippen molar-refractivity contribution >= 4 is 11.1 Å². The molecule has 0 radical (unpaired) electrons. The molecule has 9 heteroatoms. The van der Waals surface area contributed by atoms with Crippen LogP contribution in [-0.4, -0.2) is 30.2 Å². The molecule has 0 aliphatic rings. The molecule has 3 rings (SSSR count). The van der Waals surface area contributed by atoms with Crippen molar-refractivity contribution < 1.29 is 18.7 Å². The standard InChI is InChI=1S/C19H19N3O5S/c23-22(24)27-11-10-21-19(17-8-6-16(7-9-17)14-28(25)26)18(13-20-21)12-15-4-2-1-3-5-15/h1-9,13H,10-12,14H2,(H,25,26). The van der Waals surface area contributed by atoms with Gasteiger partial charge in [0.15, 0.2) is 11.1 Å². The van der Waals surface area contributed by atoms with E-state index in [0.29, 0.717) is 6.42 Å². The van der Waals surface area contributed by atoms with Crippen LogP contribution in [0.15, 0.2) is 60.8 Å². The van der Waals surface area contributed by atoms with E-state index < -0.39 is 16.2 Å². The molecule has 0 aliphatic carbocycles. The maximum atomic E-state index is 11.0. The number of rotatable bonds is 9. The Morgan fingerprint density at radius 1 is 1.11 bits per heavy atom. The van der Waals surface area contributed by atoms with E-state index in [1.54, 1.807) is 23.0 Å². The van der Waals surface area contributed by atoms with Gasteiger partial charge < -0.3 is 9.39 Å². The average molecular weight is 401 g/mol. The summed E-state index contributed by atoms with van der Waals surface area (Å²) in [6, 6.07) is 17.2. The topological polar surface area (TPSA) is 107 Å². The normalized spacial score (nSPS) is 11.9. The fourth-order valence-electron chi connectivity index (χ4n) is 2.98. The van der Waals surface area contributed by atoms with Gasteiger partial charge in [0.1, 0.15) is 6.61 Å². The molecule has 8 nitrogen and oxygen atoms in total. The summed E-state index contributed by atoms with van der Waals surface area (Å²) in [5, 5.41) is 14.0. The molecule has 3 aromatic rings. The first kappa shape index (κ1) is 19.7. The maximum Gasteiger partial charge on any atom is 0.294 e. The van der Waals surface area contributed by atoms with Gasteiger partial charge in [0.25, 0.3) is 5.09 Å². The molecule has 0 aliphatic heterocycles. The molecule has 0 amide bonds. The summed E-state index contributed by atoms with van der Waals surface area (Å²) in [6.45, 7) is 0.127. The highest BCUT2D eigenvalue weighted by Crippen LogP contribution is 2.26. The van der Waals surface area contributed by atoms with Gasteiger partial charge in [-0.05, 0) is 11.1 Å². The quantitative estimate of drug-likeness (QED) is 0.335. The molecule has 1 heterocycles.